The van der Waals surface area contributed by atoms with Crippen molar-refractivity contribution < 1.29 is 18.8 Å². The molecule has 7 heteroatoms. The van der Waals surface area contributed by atoms with Gasteiger partial charge < -0.3 is 15.8 Å². The van der Waals surface area contributed by atoms with Crippen LogP contribution in [0, 0.1) is 17.6 Å². The summed E-state index contributed by atoms with van der Waals surface area (Å²) in [6.45, 7) is 0.714. The van der Waals surface area contributed by atoms with Crippen LogP contribution in [0.25, 0.3) is 0 Å². The monoisotopic (exact) mass is 283 g/mol. The van der Waals surface area contributed by atoms with Crippen LogP contribution in [0.1, 0.15) is 23.2 Å². The Labute approximate surface area is 114 Å². The molecule has 0 saturated carbocycles. The maximum Gasteiger partial charge on any atom is 0.256 e. The molecule has 0 atom stereocenters. The van der Waals surface area contributed by atoms with Gasteiger partial charge in [-0.1, -0.05) is 5.16 Å². The first-order valence-electron chi connectivity index (χ1n) is 6.24. The minimum absolute atomic E-state index is 0.0959. The summed E-state index contributed by atoms with van der Waals surface area (Å²) in [7, 11) is 0. The number of carbonyl (C=O) groups excluding carboxylic acids is 1. The predicted molar refractivity (Wildman–Crippen MR) is 68.4 cm³/mol. The molecule has 0 aliphatic carbocycles. The first-order valence-corrected chi connectivity index (χ1v) is 6.24. The lowest BCUT2D eigenvalue weighted by Crippen LogP contribution is -2.42. The second-order valence-electron chi connectivity index (χ2n) is 4.72. The molecule has 0 bridgehead atoms. The van der Waals surface area contributed by atoms with Gasteiger partial charge in [0.15, 0.2) is 0 Å². The van der Waals surface area contributed by atoms with Gasteiger partial charge in [-0.05, 0) is 31.0 Å². The number of nitrogens with two attached hydrogens (primary N) is 1. The molecule has 1 heterocycles. The third-order valence-corrected chi connectivity index (χ3v) is 3.47. The normalized spacial score (nSPS) is 17.3. The van der Waals surface area contributed by atoms with E-state index in [-0.39, 0.29) is 17.3 Å². The number of piperidine rings is 1. The second kappa shape index (κ2) is 5.85. The molecule has 1 aliphatic heterocycles. The Bertz CT molecular complexity index is 540. The van der Waals surface area contributed by atoms with Crippen molar-refractivity contribution in [2.24, 2.45) is 16.8 Å². The Morgan fingerprint density at radius 3 is 2.60 bits per heavy atom. The van der Waals surface area contributed by atoms with Gasteiger partial charge in [0, 0.05) is 19.0 Å². The van der Waals surface area contributed by atoms with Gasteiger partial charge in [0.25, 0.3) is 5.91 Å². The van der Waals surface area contributed by atoms with Crippen molar-refractivity contribution in [3.63, 3.8) is 0 Å². The van der Waals surface area contributed by atoms with Crippen LogP contribution in [0.15, 0.2) is 23.4 Å². The fourth-order valence-corrected chi connectivity index (χ4v) is 2.29. The average Bonchev–Trinajstić information content (AvgIpc) is 2.48. The number of nitrogens with zero attached hydrogens (tertiary/aromatic N) is 2. The molecule has 1 aromatic carbocycles. The van der Waals surface area contributed by atoms with Crippen LogP contribution < -0.4 is 5.73 Å². The summed E-state index contributed by atoms with van der Waals surface area (Å²) in [4.78, 5) is 13.6. The van der Waals surface area contributed by atoms with Gasteiger partial charge in [-0.3, -0.25) is 4.79 Å². The number of oxime groups is 1. The van der Waals surface area contributed by atoms with Crippen LogP contribution in [0.3, 0.4) is 0 Å². The Morgan fingerprint density at radius 1 is 1.35 bits per heavy atom. The summed E-state index contributed by atoms with van der Waals surface area (Å²) in [5.41, 5.74) is 5.24. The number of amidine groups is 1. The van der Waals surface area contributed by atoms with Crippen LogP contribution in [0.5, 0.6) is 0 Å². The highest BCUT2D eigenvalue weighted by molar-refractivity contribution is 5.94. The van der Waals surface area contributed by atoms with E-state index in [0.717, 1.165) is 18.2 Å². The van der Waals surface area contributed by atoms with Crippen molar-refractivity contribution >= 4 is 11.7 Å². The van der Waals surface area contributed by atoms with E-state index in [1.165, 1.54) is 4.90 Å². The van der Waals surface area contributed by atoms with E-state index in [9.17, 15) is 13.6 Å². The lowest BCUT2D eigenvalue weighted by molar-refractivity contribution is 0.0703. The van der Waals surface area contributed by atoms with Gasteiger partial charge in [-0.25, -0.2) is 8.78 Å². The molecule has 2 rings (SSSR count). The molecule has 1 fully saturated rings. The third kappa shape index (κ3) is 2.87. The zero-order valence-corrected chi connectivity index (χ0v) is 10.7. The molecule has 1 aliphatic rings. The van der Waals surface area contributed by atoms with Gasteiger partial charge in [-0.2, -0.15) is 0 Å². The minimum atomic E-state index is -0.741. The van der Waals surface area contributed by atoms with E-state index in [1.807, 2.05) is 0 Å². The fourth-order valence-electron chi connectivity index (χ4n) is 2.29. The van der Waals surface area contributed by atoms with Gasteiger partial charge in [0.1, 0.15) is 17.5 Å². The first-order chi connectivity index (χ1) is 9.52. The predicted octanol–water partition coefficient (Wildman–Crippen LogP) is 1.56. The molecule has 20 heavy (non-hydrogen) atoms. The zero-order chi connectivity index (χ0) is 14.7. The van der Waals surface area contributed by atoms with Gasteiger partial charge >= 0.3 is 0 Å². The number of hydrogen-bond acceptors (Lipinski definition) is 3. The van der Waals surface area contributed by atoms with E-state index in [4.69, 9.17) is 10.9 Å². The summed E-state index contributed by atoms with van der Waals surface area (Å²) in [5, 5.41) is 11.5. The van der Waals surface area contributed by atoms with Crippen molar-refractivity contribution in [3.05, 3.63) is 35.4 Å². The number of benzene rings is 1. The Kier molecular flexibility index (Phi) is 4.16. The lowest BCUT2D eigenvalue weighted by Gasteiger charge is -2.31. The van der Waals surface area contributed by atoms with Crippen molar-refractivity contribution in [2.75, 3.05) is 13.1 Å². The fraction of sp³-hybridized carbons (Fsp3) is 0.385. The third-order valence-electron chi connectivity index (χ3n) is 3.47. The molecule has 108 valence electrons. The summed E-state index contributed by atoms with van der Waals surface area (Å²) in [6, 6.07) is 2.80. The van der Waals surface area contributed by atoms with Crippen LogP contribution in [0.4, 0.5) is 8.78 Å². The molecule has 0 unspecified atom stereocenters. The molecule has 1 aromatic rings. The molecule has 0 spiro atoms. The standard InChI is InChI=1S/C13H15F2N3O2/c14-9-1-2-11(15)10(7-9)13(19)18-5-3-8(4-6-18)12(16)17-20/h1-2,7-8,20H,3-6H2,(H2,16,17). The van der Waals surface area contributed by atoms with E-state index in [0.29, 0.717) is 25.9 Å². The molecule has 1 amide bonds. The van der Waals surface area contributed by atoms with Gasteiger partial charge in [0.2, 0.25) is 0 Å². The largest absolute Gasteiger partial charge is 0.409 e. The average molecular weight is 283 g/mol. The Balaban J connectivity index is 2.07. The van der Waals surface area contributed by atoms with Crippen LogP contribution in [-0.2, 0) is 0 Å². The smallest absolute Gasteiger partial charge is 0.256 e. The molecule has 5 nitrogen and oxygen atoms in total. The van der Waals surface area contributed by atoms with Crippen molar-refractivity contribution in [1.29, 1.82) is 0 Å². The number of hydrogen-bond donors (Lipinski definition) is 2. The zero-order valence-electron chi connectivity index (χ0n) is 10.7. The summed E-state index contributed by atoms with van der Waals surface area (Å²) in [5.74, 6) is -1.90. The number of halogens is 2. The van der Waals surface area contributed by atoms with Crippen LogP contribution in [0.2, 0.25) is 0 Å². The molecule has 3 N–H and O–H groups in total. The van der Waals surface area contributed by atoms with Crippen molar-refractivity contribution in [3.8, 4) is 0 Å². The summed E-state index contributed by atoms with van der Waals surface area (Å²) < 4.78 is 26.6. The lowest BCUT2D eigenvalue weighted by atomic mass is 9.95. The molecule has 0 radical (unpaired) electrons. The first kappa shape index (κ1) is 14.2. The van der Waals surface area contributed by atoms with E-state index < -0.39 is 17.5 Å². The van der Waals surface area contributed by atoms with Crippen molar-refractivity contribution in [1.82, 2.24) is 4.90 Å². The number of rotatable bonds is 2. The topological polar surface area (TPSA) is 78.9 Å². The molecular weight excluding hydrogens is 268 g/mol. The van der Waals surface area contributed by atoms with E-state index in [1.54, 1.807) is 0 Å². The van der Waals surface area contributed by atoms with Gasteiger partial charge in [-0.15, -0.1) is 0 Å². The molecular formula is C13H15F2N3O2. The highest BCUT2D eigenvalue weighted by atomic mass is 19.1. The highest BCUT2D eigenvalue weighted by Gasteiger charge is 2.27. The maximum absolute atomic E-state index is 13.5. The Morgan fingerprint density at radius 2 is 2.00 bits per heavy atom. The van der Waals surface area contributed by atoms with E-state index >= 15 is 0 Å². The highest BCUT2D eigenvalue weighted by Crippen LogP contribution is 2.20. The summed E-state index contributed by atoms with van der Waals surface area (Å²) in [6.07, 6.45) is 1.05. The quantitative estimate of drug-likeness (QED) is 0.374. The van der Waals surface area contributed by atoms with Crippen LogP contribution in [-0.4, -0.2) is 34.9 Å². The van der Waals surface area contributed by atoms with Crippen molar-refractivity contribution in [2.45, 2.75) is 12.8 Å². The van der Waals surface area contributed by atoms with E-state index in [2.05, 4.69) is 5.16 Å². The number of amides is 1. The molecule has 1 saturated heterocycles. The minimum Gasteiger partial charge on any atom is -0.409 e. The molecule has 0 aromatic heterocycles. The van der Waals surface area contributed by atoms with Gasteiger partial charge in [0.05, 0.1) is 5.56 Å². The SMILES string of the molecule is NC(=NO)C1CCN(C(=O)c2cc(F)ccc2F)CC1. The second-order valence-corrected chi connectivity index (χ2v) is 4.72. The number of carbonyl (C=O) groups is 1. The summed E-state index contributed by atoms with van der Waals surface area (Å²) >= 11 is 0. The maximum atomic E-state index is 13.5. The Hall–Kier alpha value is -2.18. The number of likely N-dealkylation sites (tertiary alicyclic amines) is 1. The van der Waals surface area contributed by atoms with Crippen LogP contribution >= 0.6 is 0 Å².